The molecule has 4 rings (SSSR count). The fourth-order valence-corrected chi connectivity index (χ4v) is 3.48. The number of anilines is 1. The maximum Gasteiger partial charge on any atom is 0.256 e. The minimum absolute atomic E-state index is 0.0585. The van der Waals surface area contributed by atoms with Crippen LogP contribution < -0.4 is 5.32 Å². The lowest BCUT2D eigenvalue weighted by Crippen LogP contribution is -2.23. The first-order valence-electron chi connectivity index (χ1n) is 9.67. The number of pyridine rings is 1. The summed E-state index contributed by atoms with van der Waals surface area (Å²) in [6.07, 6.45) is 2.20. The zero-order valence-electron chi connectivity index (χ0n) is 17.0. The molecule has 146 valence electrons. The highest BCUT2D eigenvalue weighted by Gasteiger charge is 2.30. The second kappa shape index (κ2) is 6.33. The van der Waals surface area contributed by atoms with Gasteiger partial charge < -0.3 is 10.4 Å². The number of phenols is 1. The Hall–Kier alpha value is -2.89. The van der Waals surface area contributed by atoms with Crippen molar-refractivity contribution in [1.29, 1.82) is 0 Å². The summed E-state index contributed by atoms with van der Waals surface area (Å²) >= 11 is 0. The molecule has 1 aliphatic rings. The molecule has 28 heavy (non-hydrogen) atoms. The summed E-state index contributed by atoms with van der Waals surface area (Å²) in [5.41, 5.74) is 4.10. The lowest BCUT2D eigenvalue weighted by atomic mass is 10.1. The maximum absolute atomic E-state index is 13.2. The van der Waals surface area contributed by atoms with Crippen molar-refractivity contribution in [2.24, 2.45) is 0 Å². The number of carbonyl (C=O) groups excluding carboxylic acids is 1. The largest absolute Gasteiger partial charge is 0.506 e. The van der Waals surface area contributed by atoms with Crippen LogP contribution in [0.25, 0.3) is 11.0 Å². The molecule has 1 aromatic carbocycles. The standard InChI is InChI=1S/C22H26N4O2/c1-12-6-9-16(18(27)10-12)24-21(28)15-11-17(14-7-8-14)23-20-19(15)13(2)25-26(20)22(3,4)5/h6,9-11,14,27H,7-8H2,1-5H3,(H,24,28). The van der Waals surface area contributed by atoms with Gasteiger partial charge in [0.2, 0.25) is 0 Å². The Bertz CT molecular complexity index is 1090. The third kappa shape index (κ3) is 3.23. The van der Waals surface area contributed by atoms with Crippen LogP contribution in [0.1, 0.15) is 66.8 Å². The third-order valence-electron chi connectivity index (χ3n) is 5.11. The monoisotopic (exact) mass is 378 g/mol. The fourth-order valence-electron chi connectivity index (χ4n) is 3.48. The van der Waals surface area contributed by atoms with Crippen LogP contribution in [0.2, 0.25) is 0 Å². The second-order valence-corrected chi connectivity index (χ2v) is 8.71. The van der Waals surface area contributed by atoms with Crippen molar-refractivity contribution >= 4 is 22.6 Å². The molecule has 0 spiro atoms. The molecule has 1 saturated carbocycles. The number of carbonyl (C=O) groups is 1. The molecule has 3 aromatic rings. The Balaban J connectivity index is 1.85. The maximum atomic E-state index is 13.2. The van der Waals surface area contributed by atoms with Crippen molar-refractivity contribution in [3.8, 4) is 5.75 Å². The number of aromatic hydroxyl groups is 1. The van der Waals surface area contributed by atoms with Gasteiger partial charge in [0.25, 0.3) is 5.91 Å². The van der Waals surface area contributed by atoms with Crippen LogP contribution in [0.15, 0.2) is 24.3 Å². The quantitative estimate of drug-likeness (QED) is 0.651. The third-order valence-corrected chi connectivity index (χ3v) is 5.11. The van der Waals surface area contributed by atoms with E-state index in [1.165, 1.54) is 0 Å². The Morgan fingerprint density at radius 2 is 1.93 bits per heavy atom. The Labute approximate surface area is 164 Å². The first-order chi connectivity index (χ1) is 13.1. The van der Waals surface area contributed by atoms with E-state index < -0.39 is 0 Å². The average Bonchev–Trinajstić information content (AvgIpc) is 3.40. The molecule has 0 bridgehead atoms. The molecule has 6 heteroatoms. The summed E-state index contributed by atoms with van der Waals surface area (Å²) in [4.78, 5) is 18.1. The summed E-state index contributed by atoms with van der Waals surface area (Å²) in [5, 5.41) is 18.5. The number of hydrogen-bond acceptors (Lipinski definition) is 4. The predicted molar refractivity (Wildman–Crippen MR) is 110 cm³/mol. The van der Waals surface area contributed by atoms with Gasteiger partial charge in [-0.05, 0) is 71.2 Å². The highest BCUT2D eigenvalue weighted by molar-refractivity contribution is 6.13. The van der Waals surface area contributed by atoms with Crippen molar-refractivity contribution in [2.75, 3.05) is 5.32 Å². The van der Waals surface area contributed by atoms with Gasteiger partial charge in [-0.3, -0.25) is 4.79 Å². The number of benzene rings is 1. The molecular formula is C22H26N4O2. The first-order valence-corrected chi connectivity index (χ1v) is 9.67. The molecule has 0 atom stereocenters. The summed E-state index contributed by atoms with van der Waals surface area (Å²) in [5.74, 6) is 0.209. The number of nitrogens with zero attached hydrogens (tertiary/aromatic N) is 3. The van der Waals surface area contributed by atoms with Crippen molar-refractivity contribution < 1.29 is 9.90 Å². The summed E-state index contributed by atoms with van der Waals surface area (Å²) in [6, 6.07) is 7.10. The number of aromatic nitrogens is 3. The molecule has 2 N–H and O–H groups in total. The van der Waals surface area contributed by atoms with E-state index >= 15 is 0 Å². The van der Waals surface area contributed by atoms with Crippen LogP contribution in [0, 0.1) is 13.8 Å². The molecule has 2 heterocycles. The summed E-state index contributed by atoms with van der Waals surface area (Å²) in [7, 11) is 0. The zero-order chi connectivity index (χ0) is 20.2. The van der Waals surface area contributed by atoms with Gasteiger partial charge >= 0.3 is 0 Å². The van der Waals surface area contributed by atoms with Gasteiger partial charge in [0, 0.05) is 11.6 Å². The smallest absolute Gasteiger partial charge is 0.256 e. The predicted octanol–water partition coefficient (Wildman–Crippen LogP) is 4.64. The molecule has 1 amide bonds. The molecule has 0 unspecified atom stereocenters. The Kier molecular flexibility index (Phi) is 4.17. The van der Waals surface area contributed by atoms with E-state index in [9.17, 15) is 9.90 Å². The molecule has 0 saturated heterocycles. The van der Waals surface area contributed by atoms with Gasteiger partial charge in [0.05, 0.1) is 27.9 Å². The fraction of sp³-hybridized carbons (Fsp3) is 0.409. The van der Waals surface area contributed by atoms with Crippen molar-refractivity contribution in [1.82, 2.24) is 14.8 Å². The van der Waals surface area contributed by atoms with E-state index in [-0.39, 0.29) is 17.2 Å². The van der Waals surface area contributed by atoms with E-state index in [1.807, 2.05) is 30.7 Å². The minimum Gasteiger partial charge on any atom is -0.506 e. The summed E-state index contributed by atoms with van der Waals surface area (Å²) < 4.78 is 1.91. The van der Waals surface area contributed by atoms with Crippen LogP contribution in [-0.2, 0) is 5.54 Å². The van der Waals surface area contributed by atoms with Crippen LogP contribution >= 0.6 is 0 Å². The normalized spacial score (nSPS) is 14.5. The average molecular weight is 378 g/mol. The Morgan fingerprint density at radius 1 is 1.21 bits per heavy atom. The lowest BCUT2D eigenvalue weighted by molar-refractivity contribution is 0.102. The van der Waals surface area contributed by atoms with Gasteiger partial charge in [-0.25, -0.2) is 9.67 Å². The van der Waals surface area contributed by atoms with Gasteiger partial charge in [-0.1, -0.05) is 6.07 Å². The number of fused-ring (bicyclic) bond motifs is 1. The molecule has 0 aliphatic heterocycles. The number of rotatable bonds is 3. The van der Waals surface area contributed by atoms with Gasteiger partial charge in [0.1, 0.15) is 5.75 Å². The van der Waals surface area contributed by atoms with Crippen molar-refractivity contribution in [2.45, 2.75) is 58.9 Å². The van der Waals surface area contributed by atoms with Crippen LogP contribution in [0.3, 0.4) is 0 Å². The van der Waals surface area contributed by atoms with Crippen molar-refractivity contribution in [3.63, 3.8) is 0 Å². The van der Waals surface area contributed by atoms with Crippen LogP contribution in [0.4, 0.5) is 5.69 Å². The van der Waals surface area contributed by atoms with E-state index in [2.05, 4.69) is 31.2 Å². The van der Waals surface area contributed by atoms with Crippen LogP contribution in [-0.4, -0.2) is 25.8 Å². The van der Waals surface area contributed by atoms with Crippen LogP contribution in [0.5, 0.6) is 5.75 Å². The van der Waals surface area contributed by atoms with E-state index in [0.29, 0.717) is 17.2 Å². The number of aryl methyl sites for hydroxylation is 2. The highest BCUT2D eigenvalue weighted by atomic mass is 16.3. The number of nitrogens with one attached hydrogen (secondary N) is 1. The highest BCUT2D eigenvalue weighted by Crippen LogP contribution is 2.41. The minimum atomic E-state index is -0.259. The lowest BCUT2D eigenvalue weighted by Gasteiger charge is -2.20. The molecule has 6 nitrogen and oxygen atoms in total. The van der Waals surface area contributed by atoms with E-state index in [0.717, 1.165) is 40.8 Å². The van der Waals surface area contributed by atoms with Gasteiger partial charge in [0.15, 0.2) is 5.65 Å². The number of hydrogen-bond donors (Lipinski definition) is 2. The molecule has 0 radical (unpaired) electrons. The molecule has 2 aromatic heterocycles. The first kappa shape index (κ1) is 18.5. The molecule has 1 aliphatic carbocycles. The zero-order valence-corrected chi connectivity index (χ0v) is 17.0. The SMILES string of the molecule is Cc1ccc(NC(=O)c2cc(C3CC3)nc3c2c(C)nn3C(C)(C)C)c(O)c1. The van der Waals surface area contributed by atoms with Gasteiger partial charge in [-0.2, -0.15) is 5.10 Å². The summed E-state index contributed by atoms with van der Waals surface area (Å²) in [6.45, 7) is 10.0. The Morgan fingerprint density at radius 3 is 2.54 bits per heavy atom. The van der Waals surface area contributed by atoms with Gasteiger partial charge in [-0.15, -0.1) is 0 Å². The topological polar surface area (TPSA) is 80.0 Å². The number of phenolic OH excluding ortho intramolecular Hbond substituents is 1. The molecule has 1 fully saturated rings. The van der Waals surface area contributed by atoms with Crippen molar-refractivity contribution in [3.05, 3.63) is 46.8 Å². The van der Waals surface area contributed by atoms with E-state index in [4.69, 9.17) is 4.98 Å². The number of amides is 1. The van der Waals surface area contributed by atoms with E-state index in [1.54, 1.807) is 12.1 Å². The molecular weight excluding hydrogens is 352 g/mol. The second-order valence-electron chi connectivity index (χ2n) is 8.71.